The molecule has 0 spiro atoms. The Labute approximate surface area is 161 Å². The van der Waals surface area contributed by atoms with Gasteiger partial charge in [-0.05, 0) is 31.7 Å². The Balaban J connectivity index is 1.74. The van der Waals surface area contributed by atoms with Gasteiger partial charge in [-0.15, -0.1) is 0 Å². The lowest BCUT2D eigenvalue weighted by atomic mass is 10.0. The Morgan fingerprint density at radius 3 is 2.43 bits per heavy atom. The summed E-state index contributed by atoms with van der Waals surface area (Å²) >= 11 is 0. The van der Waals surface area contributed by atoms with Gasteiger partial charge in [-0.2, -0.15) is 18.2 Å². The molecule has 0 aliphatic heterocycles. The lowest BCUT2D eigenvalue weighted by Gasteiger charge is -2.31. The second-order valence-corrected chi connectivity index (χ2v) is 7.32. The van der Waals surface area contributed by atoms with Gasteiger partial charge in [0, 0.05) is 24.1 Å². The van der Waals surface area contributed by atoms with Crippen molar-refractivity contribution in [2.24, 2.45) is 5.92 Å². The molecule has 3 rings (SSSR count). The Hall–Kier alpha value is -2.38. The van der Waals surface area contributed by atoms with E-state index in [1.54, 1.807) is 24.3 Å². The van der Waals surface area contributed by atoms with Gasteiger partial charge in [0.2, 0.25) is 11.7 Å². The highest BCUT2D eigenvalue weighted by Gasteiger charge is 2.38. The molecule has 2 aromatic rings. The highest BCUT2D eigenvalue weighted by Crippen LogP contribution is 2.30. The number of alkyl halides is 3. The van der Waals surface area contributed by atoms with Crippen molar-refractivity contribution in [3.05, 3.63) is 35.7 Å². The molecular formula is C20H24F3N3O2. The highest BCUT2D eigenvalue weighted by molar-refractivity contribution is 5.79. The van der Waals surface area contributed by atoms with E-state index >= 15 is 0 Å². The maximum absolute atomic E-state index is 12.9. The first-order valence-electron chi connectivity index (χ1n) is 9.60. The molecule has 5 nitrogen and oxygen atoms in total. The molecule has 1 atom stereocenters. The molecule has 8 heteroatoms. The van der Waals surface area contributed by atoms with Gasteiger partial charge in [0.05, 0.1) is 0 Å². The molecule has 1 unspecified atom stereocenters. The smallest absolute Gasteiger partial charge is 0.335 e. The average molecular weight is 395 g/mol. The van der Waals surface area contributed by atoms with Crippen LogP contribution in [0, 0.1) is 5.92 Å². The number of aromatic nitrogens is 2. The van der Waals surface area contributed by atoms with Gasteiger partial charge in [-0.1, -0.05) is 49.2 Å². The van der Waals surface area contributed by atoms with Crippen LogP contribution in [0.25, 0.3) is 11.4 Å². The standard InChI is InChI=1S/C20H24F3N3O2/c1-3-13(2)26(18(27)16-6-4-5-7-16)12-14-8-10-15(11-9-14)17-24-19(28-25-17)20(21,22)23/h8-11,13,16H,3-7,12H2,1-2H3. The van der Waals surface area contributed by atoms with Crippen LogP contribution in [-0.4, -0.2) is 27.0 Å². The van der Waals surface area contributed by atoms with Crippen LogP contribution in [0.2, 0.25) is 0 Å². The molecule has 1 aromatic heterocycles. The quantitative estimate of drug-likeness (QED) is 0.685. The molecule has 1 aliphatic carbocycles. The third-order valence-electron chi connectivity index (χ3n) is 5.34. The summed E-state index contributed by atoms with van der Waals surface area (Å²) in [7, 11) is 0. The fraction of sp³-hybridized carbons (Fsp3) is 0.550. The fourth-order valence-electron chi connectivity index (χ4n) is 3.49. The normalized spacial score (nSPS) is 16.3. The molecule has 1 saturated carbocycles. The van der Waals surface area contributed by atoms with E-state index in [-0.39, 0.29) is 23.7 Å². The summed E-state index contributed by atoms with van der Waals surface area (Å²) in [6.45, 7) is 4.57. The predicted octanol–water partition coefficient (Wildman–Crippen LogP) is 5.07. The van der Waals surface area contributed by atoms with Crippen LogP contribution < -0.4 is 0 Å². The van der Waals surface area contributed by atoms with Crippen molar-refractivity contribution in [2.75, 3.05) is 0 Å². The van der Waals surface area contributed by atoms with Crippen molar-refractivity contribution >= 4 is 5.91 Å². The zero-order valence-electron chi connectivity index (χ0n) is 16.0. The maximum atomic E-state index is 12.9. The van der Waals surface area contributed by atoms with E-state index in [1.807, 2.05) is 11.8 Å². The molecule has 1 fully saturated rings. The Kier molecular flexibility index (Phi) is 6.05. The minimum Gasteiger partial charge on any atom is -0.335 e. The number of nitrogens with zero attached hydrogens (tertiary/aromatic N) is 3. The van der Waals surface area contributed by atoms with E-state index in [1.165, 1.54) is 0 Å². The van der Waals surface area contributed by atoms with Crippen LogP contribution in [-0.2, 0) is 17.5 Å². The SMILES string of the molecule is CCC(C)N(Cc1ccc(-c2noc(C(F)(F)F)n2)cc1)C(=O)C1CCCC1. The topological polar surface area (TPSA) is 59.2 Å². The van der Waals surface area contributed by atoms with Crippen molar-refractivity contribution < 1.29 is 22.5 Å². The Morgan fingerprint density at radius 2 is 1.89 bits per heavy atom. The summed E-state index contributed by atoms with van der Waals surface area (Å²) in [5, 5.41) is 3.39. The fourth-order valence-corrected chi connectivity index (χ4v) is 3.49. The van der Waals surface area contributed by atoms with Crippen LogP contribution in [0.4, 0.5) is 13.2 Å². The second kappa shape index (κ2) is 8.32. The summed E-state index contributed by atoms with van der Waals surface area (Å²) in [5.74, 6) is -1.17. The van der Waals surface area contributed by atoms with Crippen molar-refractivity contribution in [3.63, 3.8) is 0 Å². The van der Waals surface area contributed by atoms with E-state index in [2.05, 4.69) is 21.6 Å². The average Bonchev–Trinajstić information content (AvgIpc) is 3.37. The number of rotatable bonds is 6. The first-order chi connectivity index (χ1) is 13.3. The summed E-state index contributed by atoms with van der Waals surface area (Å²) in [4.78, 5) is 18.2. The van der Waals surface area contributed by atoms with E-state index < -0.39 is 12.1 Å². The van der Waals surface area contributed by atoms with Crippen molar-refractivity contribution in [3.8, 4) is 11.4 Å². The van der Waals surface area contributed by atoms with Crippen LogP contribution in [0.5, 0.6) is 0 Å². The molecule has 1 amide bonds. The molecule has 1 aromatic carbocycles. The predicted molar refractivity (Wildman–Crippen MR) is 97.0 cm³/mol. The molecule has 28 heavy (non-hydrogen) atoms. The van der Waals surface area contributed by atoms with E-state index in [0.717, 1.165) is 37.7 Å². The number of carbonyl (C=O) groups excluding carboxylic acids is 1. The van der Waals surface area contributed by atoms with Crippen molar-refractivity contribution in [2.45, 2.75) is 64.7 Å². The van der Waals surface area contributed by atoms with Crippen LogP contribution in [0.1, 0.15) is 57.4 Å². The molecule has 0 saturated heterocycles. The molecule has 0 N–H and O–H groups in total. The minimum absolute atomic E-state index is 0.105. The molecule has 0 radical (unpaired) electrons. The van der Waals surface area contributed by atoms with E-state index in [9.17, 15) is 18.0 Å². The van der Waals surface area contributed by atoms with Gasteiger partial charge in [-0.25, -0.2) is 0 Å². The monoisotopic (exact) mass is 395 g/mol. The molecule has 1 aliphatic rings. The molecule has 1 heterocycles. The molecular weight excluding hydrogens is 371 g/mol. The third kappa shape index (κ3) is 4.54. The zero-order chi connectivity index (χ0) is 20.3. The molecule has 152 valence electrons. The largest absolute Gasteiger partial charge is 0.471 e. The van der Waals surface area contributed by atoms with E-state index in [0.29, 0.717) is 12.1 Å². The maximum Gasteiger partial charge on any atom is 0.471 e. The van der Waals surface area contributed by atoms with Crippen LogP contribution in [0.15, 0.2) is 28.8 Å². The summed E-state index contributed by atoms with van der Waals surface area (Å²) in [5.41, 5.74) is 1.34. The van der Waals surface area contributed by atoms with Crippen molar-refractivity contribution in [1.29, 1.82) is 0 Å². The first kappa shape index (κ1) is 20.4. The zero-order valence-corrected chi connectivity index (χ0v) is 16.0. The summed E-state index contributed by atoms with van der Waals surface area (Å²) < 4.78 is 42.1. The van der Waals surface area contributed by atoms with Gasteiger partial charge >= 0.3 is 12.1 Å². The number of benzene rings is 1. The number of halogens is 3. The summed E-state index contributed by atoms with van der Waals surface area (Å²) in [6, 6.07) is 7.00. The Bertz CT molecular complexity index is 796. The second-order valence-electron chi connectivity index (χ2n) is 7.32. The third-order valence-corrected chi connectivity index (χ3v) is 5.34. The van der Waals surface area contributed by atoms with Gasteiger partial charge < -0.3 is 9.42 Å². The highest BCUT2D eigenvalue weighted by atomic mass is 19.4. The lowest BCUT2D eigenvalue weighted by molar-refractivity contribution is -0.159. The van der Waals surface area contributed by atoms with E-state index in [4.69, 9.17) is 0 Å². The molecule has 0 bridgehead atoms. The van der Waals surface area contributed by atoms with Gasteiger partial charge in [0.15, 0.2) is 0 Å². The van der Waals surface area contributed by atoms with Gasteiger partial charge in [-0.3, -0.25) is 4.79 Å². The van der Waals surface area contributed by atoms with Crippen LogP contribution in [0.3, 0.4) is 0 Å². The van der Waals surface area contributed by atoms with Gasteiger partial charge in [0.25, 0.3) is 0 Å². The number of hydrogen-bond acceptors (Lipinski definition) is 4. The number of carbonyl (C=O) groups is 1. The van der Waals surface area contributed by atoms with Crippen molar-refractivity contribution in [1.82, 2.24) is 15.0 Å². The van der Waals surface area contributed by atoms with Crippen LogP contribution >= 0.6 is 0 Å². The minimum atomic E-state index is -4.66. The van der Waals surface area contributed by atoms with Gasteiger partial charge in [0.1, 0.15) is 0 Å². The number of hydrogen-bond donors (Lipinski definition) is 0. The first-order valence-corrected chi connectivity index (χ1v) is 9.60. The number of amides is 1. The lowest BCUT2D eigenvalue weighted by Crippen LogP contribution is -2.40. The Morgan fingerprint density at radius 1 is 1.25 bits per heavy atom. The summed E-state index contributed by atoms with van der Waals surface area (Å²) in [6.07, 6.45) is 0.296.